The second kappa shape index (κ2) is 8.08. The third kappa shape index (κ3) is 5.09. The summed E-state index contributed by atoms with van der Waals surface area (Å²) in [5.74, 6) is -0.557. The van der Waals surface area contributed by atoms with E-state index in [1.165, 1.54) is 0 Å². The molecule has 13 nitrogen and oxygen atoms in total. The van der Waals surface area contributed by atoms with Crippen LogP contribution in [0.4, 0.5) is 4.79 Å². The van der Waals surface area contributed by atoms with Crippen molar-refractivity contribution in [3.63, 3.8) is 0 Å². The summed E-state index contributed by atoms with van der Waals surface area (Å²) in [6.45, 7) is 2.75. The van der Waals surface area contributed by atoms with Crippen LogP contribution in [0.25, 0.3) is 0 Å². The van der Waals surface area contributed by atoms with Crippen molar-refractivity contribution in [1.29, 1.82) is 5.41 Å². The van der Waals surface area contributed by atoms with Gasteiger partial charge >= 0.3 is 16.4 Å². The Hall–Kier alpha value is -1.52. The van der Waals surface area contributed by atoms with Crippen LogP contribution in [0.5, 0.6) is 0 Å². The molecule has 0 radical (unpaired) electrons. The predicted octanol–water partition coefficient (Wildman–Crippen LogP) is -1.78. The Bertz CT molecular complexity index is 826. The van der Waals surface area contributed by atoms with E-state index in [0.717, 1.165) is 4.90 Å². The molecule has 0 aliphatic carbocycles. The minimum Gasteiger partial charge on any atom is -0.379 e. The molecule has 0 saturated carbocycles. The maximum absolute atomic E-state index is 12.3. The highest BCUT2D eigenvalue weighted by molar-refractivity contribution is 7.90. The van der Waals surface area contributed by atoms with E-state index in [1.54, 1.807) is 0 Å². The molecule has 3 rings (SSSR count). The molecule has 3 saturated heterocycles. The van der Waals surface area contributed by atoms with Gasteiger partial charge in [0.05, 0.1) is 31.1 Å². The van der Waals surface area contributed by atoms with E-state index in [9.17, 15) is 21.6 Å². The predicted molar refractivity (Wildman–Crippen MR) is 95.3 cm³/mol. The molecule has 3 fully saturated rings. The number of carbonyl (C=O) groups excluding carboxylic acids is 1. The number of fused-ring (bicyclic) bond motifs is 2. The molecule has 2 amide bonds. The number of amidine groups is 1. The summed E-state index contributed by atoms with van der Waals surface area (Å²) in [5.41, 5.74) is 0. The molecular formula is C13H23N5O8S2. The highest BCUT2D eigenvalue weighted by Crippen LogP contribution is 2.30. The molecule has 0 aromatic heterocycles. The smallest absolute Gasteiger partial charge is 0.379 e. The Labute approximate surface area is 163 Å². The van der Waals surface area contributed by atoms with Crippen molar-refractivity contribution < 1.29 is 35.2 Å². The van der Waals surface area contributed by atoms with Crippen LogP contribution in [-0.2, 0) is 29.4 Å². The summed E-state index contributed by atoms with van der Waals surface area (Å²) in [4.78, 5) is 15.4. The standard InChI is InChI=1S/C13H23N5O8S2/c14-12(15-27(20,21)8-5-16-3-6-25-7-4-16)11-2-1-10-9-17(11)13(19)18(10)26-28(22,23)24/h10-11H,1-9H2,(H2,14,15)(H,22,23,24). The van der Waals surface area contributed by atoms with Crippen molar-refractivity contribution in [2.45, 2.75) is 24.9 Å². The summed E-state index contributed by atoms with van der Waals surface area (Å²) in [6, 6.07) is -2.30. The number of hydrogen-bond acceptors (Lipinski definition) is 9. The molecular weight excluding hydrogens is 418 g/mol. The first kappa shape index (κ1) is 21.2. The topological polar surface area (TPSA) is 170 Å². The molecule has 0 spiro atoms. The Morgan fingerprint density at radius 3 is 2.57 bits per heavy atom. The molecule has 2 unspecified atom stereocenters. The molecule has 15 heteroatoms. The van der Waals surface area contributed by atoms with E-state index in [4.69, 9.17) is 14.7 Å². The minimum atomic E-state index is -4.86. The number of urea groups is 1. The van der Waals surface area contributed by atoms with Crippen molar-refractivity contribution in [3.05, 3.63) is 0 Å². The van der Waals surface area contributed by atoms with Gasteiger partial charge in [-0.3, -0.25) is 19.6 Å². The number of carbonyl (C=O) groups is 1. The van der Waals surface area contributed by atoms with Gasteiger partial charge in [0, 0.05) is 26.2 Å². The summed E-state index contributed by atoms with van der Waals surface area (Å²) in [6.07, 6.45) is 0.548. The van der Waals surface area contributed by atoms with Gasteiger partial charge in [0.25, 0.3) is 0 Å². The van der Waals surface area contributed by atoms with Gasteiger partial charge in [0.2, 0.25) is 10.0 Å². The second-order valence-electron chi connectivity index (χ2n) is 6.80. The van der Waals surface area contributed by atoms with Crippen LogP contribution in [0, 0.1) is 5.41 Å². The number of nitrogens with zero attached hydrogens (tertiary/aromatic N) is 3. The fraction of sp³-hybridized carbons (Fsp3) is 0.846. The zero-order valence-electron chi connectivity index (χ0n) is 15.0. The van der Waals surface area contributed by atoms with E-state index >= 15 is 0 Å². The van der Waals surface area contributed by atoms with Crippen LogP contribution in [0.3, 0.4) is 0 Å². The fourth-order valence-electron chi connectivity index (χ4n) is 3.49. The van der Waals surface area contributed by atoms with Gasteiger partial charge in [-0.05, 0) is 12.8 Å². The molecule has 3 heterocycles. The number of sulfonamides is 1. The Morgan fingerprint density at radius 2 is 1.93 bits per heavy atom. The zero-order chi connectivity index (χ0) is 20.5. The lowest BCUT2D eigenvalue weighted by molar-refractivity contribution is -0.0316. The Balaban J connectivity index is 1.58. The van der Waals surface area contributed by atoms with Gasteiger partial charge in [-0.15, -0.1) is 4.28 Å². The van der Waals surface area contributed by atoms with E-state index in [2.05, 4.69) is 9.01 Å². The van der Waals surface area contributed by atoms with Gasteiger partial charge < -0.3 is 9.64 Å². The average molecular weight is 441 g/mol. The number of hydrogen-bond donors (Lipinski definition) is 3. The number of ether oxygens (including phenoxy) is 1. The van der Waals surface area contributed by atoms with Crippen molar-refractivity contribution in [2.75, 3.05) is 45.1 Å². The first-order chi connectivity index (χ1) is 13.1. The molecule has 2 atom stereocenters. The van der Waals surface area contributed by atoms with Crippen LogP contribution in [0.2, 0.25) is 0 Å². The fourth-order valence-corrected chi connectivity index (χ4v) is 4.95. The van der Waals surface area contributed by atoms with E-state index < -0.39 is 38.5 Å². The average Bonchev–Trinajstić information content (AvgIpc) is 2.84. The number of piperidine rings is 1. The summed E-state index contributed by atoms with van der Waals surface area (Å²) in [5, 5.41) is 8.66. The Morgan fingerprint density at radius 1 is 1.25 bits per heavy atom. The van der Waals surface area contributed by atoms with Gasteiger partial charge in [-0.2, -0.15) is 13.5 Å². The van der Waals surface area contributed by atoms with Crippen LogP contribution < -0.4 is 4.72 Å². The van der Waals surface area contributed by atoms with Crippen molar-refractivity contribution in [2.24, 2.45) is 0 Å². The minimum absolute atomic E-state index is 0.0664. The van der Waals surface area contributed by atoms with E-state index in [0.29, 0.717) is 44.3 Å². The first-order valence-electron chi connectivity index (χ1n) is 8.71. The molecule has 0 aromatic carbocycles. The molecule has 2 bridgehead atoms. The molecule has 28 heavy (non-hydrogen) atoms. The van der Waals surface area contributed by atoms with Crippen LogP contribution in [0.15, 0.2) is 0 Å². The Kier molecular flexibility index (Phi) is 6.11. The molecule has 0 aromatic rings. The third-order valence-electron chi connectivity index (χ3n) is 4.88. The van der Waals surface area contributed by atoms with Crippen molar-refractivity contribution in [1.82, 2.24) is 19.6 Å². The van der Waals surface area contributed by atoms with E-state index in [1.807, 2.05) is 4.90 Å². The number of nitrogens with one attached hydrogen (secondary N) is 2. The molecule has 160 valence electrons. The van der Waals surface area contributed by atoms with Crippen molar-refractivity contribution in [3.8, 4) is 0 Å². The van der Waals surface area contributed by atoms with Crippen LogP contribution in [0.1, 0.15) is 12.8 Å². The summed E-state index contributed by atoms with van der Waals surface area (Å²) < 4.78 is 66.9. The maximum Gasteiger partial charge on any atom is 0.418 e. The molecule has 3 aliphatic rings. The van der Waals surface area contributed by atoms with Gasteiger partial charge in [-0.25, -0.2) is 13.2 Å². The largest absolute Gasteiger partial charge is 0.418 e. The second-order valence-corrected chi connectivity index (χ2v) is 9.64. The zero-order valence-corrected chi connectivity index (χ0v) is 16.6. The monoisotopic (exact) mass is 441 g/mol. The van der Waals surface area contributed by atoms with Crippen LogP contribution >= 0.6 is 0 Å². The normalized spacial score (nSPS) is 26.5. The van der Waals surface area contributed by atoms with Gasteiger partial charge in [0.15, 0.2) is 0 Å². The molecule has 3 N–H and O–H groups in total. The number of morpholine rings is 1. The highest BCUT2D eigenvalue weighted by atomic mass is 32.3. The summed E-state index contributed by atoms with van der Waals surface area (Å²) >= 11 is 0. The first-order valence-corrected chi connectivity index (χ1v) is 11.7. The van der Waals surface area contributed by atoms with E-state index in [-0.39, 0.29) is 24.6 Å². The number of amides is 2. The maximum atomic E-state index is 12.3. The third-order valence-corrected chi connectivity index (χ3v) is 6.48. The number of hydroxylamine groups is 2. The lowest BCUT2D eigenvalue weighted by Gasteiger charge is -2.31. The van der Waals surface area contributed by atoms with Gasteiger partial charge in [-0.1, -0.05) is 0 Å². The lowest BCUT2D eigenvalue weighted by atomic mass is 10.0. The lowest BCUT2D eigenvalue weighted by Crippen LogP contribution is -2.51. The quantitative estimate of drug-likeness (QED) is 0.235. The SMILES string of the molecule is N=C(NS(=O)(=O)CCN1CCOCC1)C1CCC2CN1C(=O)N2OS(=O)(=O)O. The highest BCUT2D eigenvalue weighted by Gasteiger charge is 2.48. The van der Waals surface area contributed by atoms with Crippen molar-refractivity contribution >= 4 is 32.3 Å². The number of rotatable bonds is 7. The molecule has 3 aliphatic heterocycles. The van der Waals surface area contributed by atoms with Crippen LogP contribution in [-0.4, -0.2) is 105 Å². The van der Waals surface area contributed by atoms with Gasteiger partial charge in [0.1, 0.15) is 5.84 Å². The summed E-state index contributed by atoms with van der Waals surface area (Å²) in [7, 11) is -8.65.